The zero-order valence-electron chi connectivity index (χ0n) is 28.5. The number of piperazine rings is 1. The third-order valence-corrected chi connectivity index (χ3v) is 9.70. The molecule has 0 spiro atoms. The van der Waals surface area contributed by atoms with E-state index < -0.39 is 5.79 Å². The van der Waals surface area contributed by atoms with Gasteiger partial charge in [-0.2, -0.15) is 9.78 Å². The fourth-order valence-corrected chi connectivity index (χ4v) is 6.67. The first-order chi connectivity index (χ1) is 24.4. The Bertz CT molecular complexity index is 1900. The van der Waals surface area contributed by atoms with Gasteiger partial charge in [-0.1, -0.05) is 43.5 Å². The van der Waals surface area contributed by atoms with Crippen molar-refractivity contribution in [1.29, 1.82) is 0 Å². The summed E-state index contributed by atoms with van der Waals surface area (Å²) in [6.45, 7) is 7.18. The summed E-state index contributed by atoms with van der Waals surface area (Å²) < 4.78 is 24.1. The van der Waals surface area contributed by atoms with Crippen LogP contribution in [0.5, 0.6) is 5.75 Å². The molecule has 5 aromatic rings. The maximum Gasteiger partial charge on any atom is 0.350 e. The second-order valence-electron chi connectivity index (χ2n) is 12.9. The lowest BCUT2D eigenvalue weighted by Crippen LogP contribution is -2.46. The molecule has 2 unspecified atom stereocenters. The molecule has 50 heavy (non-hydrogen) atoms. The Hall–Kier alpha value is -4.65. The molecule has 12 nitrogen and oxygen atoms in total. The van der Waals surface area contributed by atoms with Crippen LogP contribution in [0.2, 0.25) is 5.02 Å². The number of aryl methyl sites for hydroxylation is 2. The quantitative estimate of drug-likeness (QED) is 0.153. The molecule has 262 valence electrons. The number of benzene rings is 3. The number of aromatic nitrogens is 6. The number of nitrogens with zero attached hydrogens (tertiary/aromatic N) is 8. The predicted octanol–water partition coefficient (Wildman–Crippen LogP) is 5.22. The minimum Gasteiger partial charge on any atom is -0.491 e. The number of ether oxygens (including phenoxy) is 3. The van der Waals surface area contributed by atoms with Crippen molar-refractivity contribution in [2.45, 2.75) is 51.0 Å². The van der Waals surface area contributed by atoms with Crippen LogP contribution in [0, 0.1) is 0 Å². The molecule has 13 heteroatoms. The Kier molecular flexibility index (Phi) is 10.2. The first kappa shape index (κ1) is 33.8. The number of rotatable bonds is 13. The normalized spacial score (nSPS) is 19.3. The molecular weight excluding hydrogens is 656 g/mol. The molecule has 0 aliphatic carbocycles. The molecule has 0 radical (unpaired) electrons. The van der Waals surface area contributed by atoms with Gasteiger partial charge >= 0.3 is 5.69 Å². The highest BCUT2D eigenvalue weighted by atomic mass is 35.5. The number of anilines is 2. The second-order valence-corrected chi connectivity index (χ2v) is 13.3. The fraction of sp³-hybridized carbons (Fsp3) is 0.405. The van der Waals surface area contributed by atoms with Crippen molar-refractivity contribution in [3.8, 4) is 11.4 Å². The van der Waals surface area contributed by atoms with Gasteiger partial charge in [0.15, 0.2) is 0 Å². The summed E-state index contributed by atoms with van der Waals surface area (Å²) in [5, 5.41) is 13.3. The third-order valence-electron chi connectivity index (χ3n) is 9.45. The Labute approximate surface area is 296 Å². The largest absolute Gasteiger partial charge is 0.491 e. The standard InChI is InChI=1S/C37H43ClN8O4/c1-3-4-5-18-45-27-40-46(36(45)47)32-12-10-30(11-13-32)43-19-21-44(22-20-43)31-14-16-33(17-15-31)48-24-34-25-49-37(50-34,23-35-41-39-26-42(35)2)28-6-8-29(38)9-7-28/h6-17,26-27,34H,3-5,18-25H2,1-2H3. The molecule has 3 aromatic carbocycles. The van der Waals surface area contributed by atoms with Crippen molar-refractivity contribution in [3.05, 3.63) is 112 Å². The molecule has 4 heterocycles. The lowest BCUT2D eigenvalue weighted by molar-refractivity contribution is -0.179. The fourth-order valence-electron chi connectivity index (χ4n) is 6.54. The average molecular weight is 699 g/mol. The van der Waals surface area contributed by atoms with E-state index in [0.717, 1.165) is 79.6 Å². The van der Waals surface area contributed by atoms with Crippen LogP contribution in [-0.4, -0.2) is 74.6 Å². The van der Waals surface area contributed by atoms with E-state index in [4.69, 9.17) is 25.8 Å². The number of hydrogen-bond acceptors (Lipinski definition) is 9. The van der Waals surface area contributed by atoms with E-state index in [1.165, 1.54) is 4.68 Å². The number of halogens is 1. The highest BCUT2D eigenvalue weighted by molar-refractivity contribution is 6.30. The molecule has 2 aromatic heterocycles. The van der Waals surface area contributed by atoms with Crippen molar-refractivity contribution in [3.63, 3.8) is 0 Å². The van der Waals surface area contributed by atoms with Crippen LogP contribution in [0.25, 0.3) is 5.69 Å². The van der Waals surface area contributed by atoms with Crippen molar-refractivity contribution < 1.29 is 14.2 Å². The molecule has 2 aliphatic rings. The van der Waals surface area contributed by atoms with E-state index in [1.807, 2.05) is 60.1 Å². The summed E-state index contributed by atoms with van der Waals surface area (Å²) in [6, 6.07) is 23.9. The van der Waals surface area contributed by atoms with Crippen LogP contribution >= 0.6 is 11.6 Å². The van der Waals surface area contributed by atoms with Crippen LogP contribution in [0.15, 0.2) is 90.2 Å². The van der Waals surface area contributed by atoms with Gasteiger partial charge in [0.05, 0.1) is 18.7 Å². The lowest BCUT2D eigenvalue weighted by Gasteiger charge is -2.37. The van der Waals surface area contributed by atoms with Crippen LogP contribution < -0.4 is 20.2 Å². The molecule has 2 fully saturated rings. The van der Waals surface area contributed by atoms with E-state index in [2.05, 4.69) is 56.3 Å². The SMILES string of the molecule is CCCCCn1cnn(-c2ccc(N3CCN(c4ccc(OCC5COC(Cc6nncn6C)(c6ccc(Cl)cc6)O5)cc4)CC3)cc2)c1=O. The van der Waals surface area contributed by atoms with Gasteiger partial charge in [0.2, 0.25) is 5.79 Å². The van der Waals surface area contributed by atoms with Crippen molar-refractivity contribution in [2.75, 3.05) is 49.2 Å². The number of unbranched alkanes of at least 4 members (excludes halogenated alkanes) is 2. The molecule has 0 bridgehead atoms. The van der Waals surface area contributed by atoms with Gasteiger partial charge in [-0.3, -0.25) is 4.57 Å². The monoisotopic (exact) mass is 698 g/mol. The Balaban J connectivity index is 0.909. The van der Waals surface area contributed by atoms with Crippen molar-refractivity contribution in [1.82, 2.24) is 29.1 Å². The second kappa shape index (κ2) is 15.1. The van der Waals surface area contributed by atoms with Gasteiger partial charge < -0.3 is 28.6 Å². The van der Waals surface area contributed by atoms with E-state index in [0.29, 0.717) is 31.2 Å². The van der Waals surface area contributed by atoms with Crippen LogP contribution in [0.4, 0.5) is 11.4 Å². The topological polar surface area (TPSA) is 105 Å². The molecule has 2 saturated heterocycles. The lowest BCUT2D eigenvalue weighted by atomic mass is 10.0. The van der Waals surface area contributed by atoms with Crippen LogP contribution in [-0.2, 0) is 35.3 Å². The summed E-state index contributed by atoms with van der Waals surface area (Å²) in [5.74, 6) is 0.522. The molecule has 7 rings (SSSR count). The van der Waals surface area contributed by atoms with Crippen LogP contribution in [0.1, 0.15) is 37.6 Å². The molecule has 0 amide bonds. The highest BCUT2D eigenvalue weighted by Crippen LogP contribution is 2.38. The highest BCUT2D eigenvalue weighted by Gasteiger charge is 2.44. The number of hydrogen-bond donors (Lipinski definition) is 0. The average Bonchev–Trinajstić information content (AvgIpc) is 3.87. The van der Waals surface area contributed by atoms with E-state index >= 15 is 0 Å². The van der Waals surface area contributed by atoms with Gasteiger partial charge in [0.1, 0.15) is 36.9 Å². The van der Waals surface area contributed by atoms with Crippen molar-refractivity contribution >= 4 is 23.0 Å². The Morgan fingerprint density at radius 1 is 0.880 bits per heavy atom. The maximum absolute atomic E-state index is 12.8. The first-order valence-electron chi connectivity index (χ1n) is 17.3. The van der Waals surface area contributed by atoms with Gasteiger partial charge in [0, 0.05) is 61.7 Å². The van der Waals surface area contributed by atoms with Gasteiger partial charge in [-0.05, 0) is 67.1 Å². The van der Waals surface area contributed by atoms with E-state index in [-0.39, 0.29) is 11.8 Å². The first-order valence-corrected chi connectivity index (χ1v) is 17.7. The minimum absolute atomic E-state index is 0.0922. The summed E-state index contributed by atoms with van der Waals surface area (Å²) in [4.78, 5) is 17.6. The smallest absolute Gasteiger partial charge is 0.350 e. The molecule has 0 saturated carbocycles. The van der Waals surface area contributed by atoms with Gasteiger partial charge in [0.25, 0.3) is 0 Å². The van der Waals surface area contributed by atoms with Crippen molar-refractivity contribution in [2.24, 2.45) is 7.05 Å². The summed E-state index contributed by atoms with van der Waals surface area (Å²) in [7, 11) is 1.90. The molecule has 2 aliphatic heterocycles. The van der Waals surface area contributed by atoms with E-state index in [1.54, 1.807) is 17.2 Å². The third kappa shape index (κ3) is 7.42. The van der Waals surface area contributed by atoms with Crippen LogP contribution in [0.3, 0.4) is 0 Å². The van der Waals surface area contributed by atoms with Gasteiger partial charge in [-0.25, -0.2) is 4.79 Å². The Morgan fingerprint density at radius 3 is 2.18 bits per heavy atom. The molecule has 2 atom stereocenters. The van der Waals surface area contributed by atoms with Gasteiger partial charge in [-0.15, -0.1) is 10.2 Å². The predicted molar refractivity (Wildman–Crippen MR) is 192 cm³/mol. The Morgan fingerprint density at radius 2 is 1.54 bits per heavy atom. The summed E-state index contributed by atoms with van der Waals surface area (Å²) in [6.07, 6.45) is 6.65. The molecule has 0 N–H and O–H groups in total. The molecular formula is C37H43ClN8O4. The van der Waals surface area contributed by atoms with E-state index in [9.17, 15) is 4.79 Å². The zero-order chi connectivity index (χ0) is 34.5. The maximum atomic E-state index is 12.8. The summed E-state index contributed by atoms with van der Waals surface area (Å²) in [5.41, 5.74) is 3.86. The summed E-state index contributed by atoms with van der Waals surface area (Å²) >= 11 is 6.17. The minimum atomic E-state index is -1.01. The zero-order valence-corrected chi connectivity index (χ0v) is 29.3.